The summed E-state index contributed by atoms with van der Waals surface area (Å²) in [4.78, 5) is 15.3. The lowest BCUT2D eigenvalue weighted by Gasteiger charge is -2.30. The fraction of sp³-hybridized carbons (Fsp3) is 0.458. The third kappa shape index (κ3) is 5.34. The molecule has 0 radical (unpaired) electrons. The highest BCUT2D eigenvalue weighted by Gasteiger charge is 2.27. The van der Waals surface area contributed by atoms with Gasteiger partial charge in [0.05, 0.1) is 4.90 Å². The van der Waals surface area contributed by atoms with Crippen molar-refractivity contribution in [3.63, 3.8) is 0 Å². The highest BCUT2D eigenvalue weighted by Crippen LogP contribution is 2.22. The van der Waals surface area contributed by atoms with Crippen molar-refractivity contribution in [2.75, 3.05) is 31.5 Å². The molecule has 0 aromatic heterocycles. The van der Waals surface area contributed by atoms with Crippen molar-refractivity contribution in [1.29, 1.82) is 0 Å². The summed E-state index contributed by atoms with van der Waals surface area (Å²) >= 11 is 0. The van der Waals surface area contributed by atoms with E-state index in [9.17, 15) is 13.2 Å². The highest BCUT2D eigenvalue weighted by atomic mass is 32.2. The van der Waals surface area contributed by atoms with E-state index in [1.54, 1.807) is 12.1 Å². The largest absolute Gasteiger partial charge is 0.322 e. The third-order valence-electron chi connectivity index (χ3n) is 6.18. The summed E-state index contributed by atoms with van der Waals surface area (Å²) < 4.78 is 26.8. The monoisotopic (exact) mass is 441 g/mol. The summed E-state index contributed by atoms with van der Waals surface area (Å²) in [5.74, 6) is 0.506. The quantitative estimate of drug-likeness (QED) is 0.737. The number of hydrogen-bond acceptors (Lipinski definition) is 4. The smallest absolute Gasteiger partial charge is 0.255 e. The standard InChI is InChI=1S/C24H31N3O3S/c1-19-5-4-14-26(17-19)18-20-6-10-22(11-7-20)25-24(28)21-8-12-23(13-9-21)31(29,30)27-15-2-3-16-27/h6-13,19H,2-5,14-18H2,1H3,(H,25,28). The summed E-state index contributed by atoms with van der Waals surface area (Å²) in [6, 6.07) is 14.1. The lowest BCUT2D eigenvalue weighted by molar-refractivity contribution is 0.102. The molecule has 2 aliphatic rings. The lowest BCUT2D eigenvalue weighted by atomic mass is 10.00. The molecule has 2 fully saturated rings. The van der Waals surface area contributed by atoms with Crippen LogP contribution in [-0.2, 0) is 16.6 Å². The minimum absolute atomic E-state index is 0.238. The zero-order valence-corrected chi connectivity index (χ0v) is 18.9. The Morgan fingerprint density at radius 3 is 2.29 bits per heavy atom. The molecule has 2 heterocycles. The molecule has 31 heavy (non-hydrogen) atoms. The number of amides is 1. The van der Waals surface area contributed by atoms with E-state index < -0.39 is 10.0 Å². The summed E-state index contributed by atoms with van der Waals surface area (Å²) in [5.41, 5.74) is 2.41. The molecule has 1 amide bonds. The van der Waals surface area contributed by atoms with E-state index in [1.165, 1.54) is 34.8 Å². The van der Waals surface area contributed by atoms with Crippen molar-refractivity contribution in [3.05, 3.63) is 59.7 Å². The van der Waals surface area contributed by atoms with Gasteiger partial charge in [0, 0.05) is 37.4 Å². The molecule has 1 atom stereocenters. The van der Waals surface area contributed by atoms with Crippen LogP contribution in [-0.4, -0.2) is 49.7 Å². The number of nitrogens with zero attached hydrogens (tertiary/aromatic N) is 2. The Hall–Kier alpha value is -2.22. The SMILES string of the molecule is CC1CCCN(Cc2ccc(NC(=O)c3ccc(S(=O)(=O)N4CCCC4)cc3)cc2)C1. The molecule has 2 aliphatic heterocycles. The van der Waals surface area contributed by atoms with E-state index in [0.717, 1.165) is 44.1 Å². The van der Waals surface area contributed by atoms with Crippen molar-refractivity contribution in [2.24, 2.45) is 5.92 Å². The molecule has 0 aliphatic carbocycles. The molecule has 2 aromatic carbocycles. The Kier molecular flexibility index (Phi) is 6.74. The van der Waals surface area contributed by atoms with Crippen LogP contribution >= 0.6 is 0 Å². The molecule has 0 bridgehead atoms. The second kappa shape index (κ2) is 9.51. The van der Waals surface area contributed by atoms with Crippen molar-refractivity contribution in [1.82, 2.24) is 9.21 Å². The van der Waals surface area contributed by atoms with Crippen molar-refractivity contribution in [3.8, 4) is 0 Å². The molecule has 166 valence electrons. The van der Waals surface area contributed by atoms with Gasteiger partial charge in [0.2, 0.25) is 10.0 Å². The molecule has 0 saturated carbocycles. The van der Waals surface area contributed by atoms with Gasteiger partial charge in [-0.2, -0.15) is 4.31 Å². The molecule has 1 N–H and O–H groups in total. The van der Waals surface area contributed by atoms with Gasteiger partial charge >= 0.3 is 0 Å². The second-order valence-corrected chi connectivity index (χ2v) is 10.7. The molecule has 1 unspecified atom stereocenters. The number of hydrogen-bond donors (Lipinski definition) is 1. The minimum Gasteiger partial charge on any atom is -0.322 e. The number of piperidine rings is 1. The van der Waals surface area contributed by atoms with Crippen molar-refractivity contribution < 1.29 is 13.2 Å². The van der Waals surface area contributed by atoms with E-state index in [1.807, 2.05) is 12.1 Å². The first-order valence-corrected chi connectivity index (χ1v) is 12.6. The van der Waals surface area contributed by atoms with Crippen LogP contribution in [0, 0.1) is 5.92 Å². The molecule has 0 spiro atoms. The Labute approximate surface area is 185 Å². The van der Waals surface area contributed by atoms with Crippen LogP contribution < -0.4 is 5.32 Å². The maximum atomic E-state index is 12.6. The van der Waals surface area contributed by atoms with Gasteiger partial charge in [-0.3, -0.25) is 9.69 Å². The second-order valence-electron chi connectivity index (χ2n) is 8.77. The fourth-order valence-corrected chi connectivity index (χ4v) is 5.96. The van der Waals surface area contributed by atoms with Gasteiger partial charge in [0.15, 0.2) is 0 Å². The first-order valence-electron chi connectivity index (χ1n) is 11.1. The van der Waals surface area contributed by atoms with E-state index >= 15 is 0 Å². The topological polar surface area (TPSA) is 69.7 Å². The van der Waals surface area contributed by atoms with Crippen molar-refractivity contribution in [2.45, 2.75) is 44.0 Å². The number of benzene rings is 2. The Bertz CT molecular complexity index is 997. The molecule has 7 heteroatoms. The summed E-state index contributed by atoms with van der Waals surface area (Å²) in [5, 5.41) is 2.90. The summed E-state index contributed by atoms with van der Waals surface area (Å²) in [6.07, 6.45) is 4.37. The molecular formula is C24H31N3O3S. The van der Waals surface area contributed by atoms with Crippen LogP contribution in [0.2, 0.25) is 0 Å². The van der Waals surface area contributed by atoms with Crippen molar-refractivity contribution >= 4 is 21.6 Å². The fourth-order valence-electron chi connectivity index (χ4n) is 4.44. The average Bonchev–Trinajstić information content (AvgIpc) is 3.31. The molecule has 2 saturated heterocycles. The van der Waals surface area contributed by atoms with Gasteiger partial charge in [0.25, 0.3) is 5.91 Å². The number of carbonyl (C=O) groups excluding carboxylic acids is 1. The van der Waals surface area contributed by atoms with Gasteiger partial charge in [-0.05, 0) is 80.1 Å². The third-order valence-corrected chi connectivity index (χ3v) is 8.09. The maximum absolute atomic E-state index is 12.6. The average molecular weight is 442 g/mol. The van der Waals surface area contributed by atoms with E-state index in [-0.39, 0.29) is 10.8 Å². The number of carbonyl (C=O) groups is 1. The number of likely N-dealkylation sites (tertiary alicyclic amines) is 1. The Morgan fingerprint density at radius 1 is 0.968 bits per heavy atom. The van der Waals surface area contributed by atoms with Gasteiger partial charge in [-0.1, -0.05) is 19.1 Å². The molecule has 6 nitrogen and oxygen atoms in total. The van der Waals surface area contributed by atoms with E-state index in [2.05, 4.69) is 29.3 Å². The summed E-state index contributed by atoms with van der Waals surface area (Å²) in [6.45, 7) is 6.66. The highest BCUT2D eigenvalue weighted by molar-refractivity contribution is 7.89. The summed E-state index contributed by atoms with van der Waals surface area (Å²) in [7, 11) is -3.46. The maximum Gasteiger partial charge on any atom is 0.255 e. The van der Waals surface area contributed by atoms with Crippen LogP contribution in [0.1, 0.15) is 48.5 Å². The normalized spacial score (nSPS) is 20.6. The van der Waals surface area contributed by atoms with Gasteiger partial charge in [-0.25, -0.2) is 8.42 Å². The van der Waals surface area contributed by atoms with Crippen LogP contribution in [0.4, 0.5) is 5.69 Å². The first kappa shape index (κ1) is 22.0. The lowest BCUT2D eigenvalue weighted by Crippen LogP contribution is -2.33. The minimum atomic E-state index is -3.46. The van der Waals surface area contributed by atoms with Gasteiger partial charge < -0.3 is 5.32 Å². The number of anilines is 1. The zero-order chi connectivity index (χ0) is 21.8. The van der Waals surface area contributed by atoms with Crippen LogP contribution in [0.25, 0.3) is 0 Å². The van der Waals surface area contributed by atoms with Gasteiger partial charge in [-0.15, -0.1) is 0 Å². The molecule has 4 rings (SSSR count). The number of rotatable bonds is 6. The van der Waals surface area contributed by atoms with Crippen LogP contribution in [0.15, 0.2) is 53.4 Å². The van der Waals surface area contributed by atoms with E-state index in [0.29, 0.717) is 18.7 Å². The Morgan fingerprint density at radius 2 is 1.65 bits per heavy atom. The molecule has 2 aromatic rings. The molecular weight excluding hydrogens is 410 g/mol. The van der Waals surface area contributed by atoms with Gasteiger partial charge in [0.1, 0.15) is 0 Å². The first-order chi connectivity index (χ1) is 14.9. The Balaban J connectivity index is 1.35. The zero-order valence-electron chi connectivity index (χ0n) is 18.1. The number of sulfonamides is 1. The van der Waals surface area contributed by atoms with Crippen LogP contribution in [0.5, 0.6) is 0 Å². The predicted molar refractivity (Wildman–Crippen MR) is 123 cm³/mol. The van der Waals surface area contributed by atoms with E-state index in [4.69, 9.17) is 0 Å². The predicted octanol–water partition coefficient (Wildman–Crippen LogP) is 3.96. The van der Waals surface area contributed by atoms with Crippen LogP contribution in [0.3, 0.4) is 0 Å². The number of nitrogens with one attached hydrogen (secondary N) is 1.